The van der Waals surface area contributed by atoms with Crippen LogP contribution in [0.15, 0.2) is 12.2 Å². The molecule has 0 saturated carbocycles. The number of urea groups is 1. The van der Waals surface area contributed by atoms with E-state index in [1.807, 2.05) is 0 Å². The molecular formula is C9H16N2O3. The molecule has 0 aromatic rings. The molecule has 0 heterocycles. The molecule has 0 aliphatic carbocycles. The second-order valence-electron chi connectivity index (χ2n) is 3.32. The van der Waals surface area contributed by atoms with E-state index < -0.39 is 18.0 Å². The van der Waals surface area contributed by atoms with Crippen LogP contribution in [-0.4, -0.2) is 41.6 Å². The van der Waals surface area contributed by atoms with Gasteiger partial charge in [-0.3, -0.25) is 4.79 Å². The van der Waals surface area contributed by atoms with Gasteiger partial charge >= 0.3 is 12.0 Å². The van der Waals surface area contributed by atoms with Crippen molar-refractivity contribution in [2.75, 3.05) is 13.6 Å². The topological polar surface area (TPSA) is 69.6 Å². The van der Waals surface area contributed by atoms with Gasteiger partial charge in [0.25, 0.3) is 0 Å². The van der Waals surface area contributed by atoms with E-state index in [9.17, 15) is 9.59 Å². The van der Waals surface area contributed by atoms with Gasteiger partial charge in [-0.25, -0.2) is 4.79 Å². The number of carbonyl (C=O) groups is 2. The van der Waals surface area contributed by atoms with Crippen molar-refractivity contribution < 1.29 is 14.7 Å². The molecule has 0 aromatic carbocycles. The van der Waals surface area contributed by atoms with Crippen molar-refractivity contribution >= 4 is 12.0 Å². The number of hydrogen-bond donors (Lipinski definition) is 2. The Balaban J connectivity index is 4.07. The van der Waals surface area contributed by atoms with Crippen molar-refractivity contribution in [2.45, 2.75) is 19.9 Å². The molecule has 2 amide bonds. The van der Waals surface area contributed by atoms with Gasteiger partial charge in [0.15, 0.2) is 0 Å². The Morgan fingerprint density at radius 1 is 1.57 bits per heavy atom. The van der Waals surface area contributed by atoms with Crippen molar-refractivity contribution in [3.63, 3.8) is 0 Å². The van der Waals surface area contributed by atoms with E-state index in [1.165, 1.54) is 11.8 Å². The summed E-state index contributed by atoms with van der Waals surface area (Å²) in [6, 6.07) is -1.29. The summed E-state index contributed by atoms with van der Waals surface area (Å²) in [5, 5.41) is 10.9. The normalized spacial score (nSPS) is 11.6. The van der Waals surface area contributed by atoms with Crippen LogP contribution in [0.3, 0.4) is 0 Å². The molecular weight excluding hydrogens is 184 g/mol. The predicted molar refractivity (Wildman–Crippen MR) is 53.1 cm³/mol. The van der Waals surface area contributed by atoms with Crippen molar-refractivity contribution in [1.82, 2.24) is 10.2 Å². The third kappa shape index (κ3) is 4.49. The van der Waals surface area contributed by atoms with Crippen LogP contribution < -0.4 is 5.32 Å². The summed E-state index contributed by atoms with van der Waals surface area (Å²) in [5.74, 6) is -1.05. The lowest BCUT2D eigenvalue weighted by atomic mass is 10.3. The molecule has 0 rings (SSSR count). The number of carbonyl (C=O) groups excluding carboxylic acids is 1. The third-order valence-corrected chi connectivity index (χ3v) is 1.56. The first-order valence-corrected chi connectivity index (χ1v) is 4.23. The van der Waals surface area contributed by atoms with Crippen molar-refractivity contribution in [3.8, 4) is 0 Å². The van der Waals surface area contributed by atoms with E-state index in [-0.39, 0.29) is 0 Å². The SMILES string of the molecule is C=C(C)CN(C)C(=O)N[C@@H](C)C(=O)O. The fraction of sp³-hybridized carbons (Fsp3) is 0.556. The van der Waals surface area contributed by atoms with E-state index >= 15 is 0 Å². The van der Waals surface area contributed by atoms with E-state index in [1.54, 1.807) is 14.0 Å². The molecule has 0 unspecified atom stereocenters. The molecule has 0 saturated heterocycles. The largest absolute Gasteiger partial charge is 0.480 e. The van der Waals surface area contributed by atoms with Gasteiger partial charge in [0.05, 0.1) is 0 Å². The Bertz CT molecular complexity index is 250. The highest BCUT2D eigenvalue weighted by atomic mass is 16.4. The van der Waals surface area contributed by atoms with Gasteiger partial charge in [-0.1, -0.05) is 12.2 Å². The zero-order valence-electron chi connectivity index (χ0n) is 8.70. The summed E-state index contributed by atoms with van der Waals surface area (Å²) in [5.41, 5.74) is 0.839. The summed E-state index contributed by atoms with van der Waals surface area (Å²) in [6.07, 6.45) is 0. The van der Waals surface area contributed by atoms with Crippen LogP contribution >= 0.6 is 0 Å². The predicted octanol–water partition coefficient (Wildman–Crippen LogP) is 0.677. The van der Waals surface area contributed by atoms with Gasteiger partial charge in [0.1, 0.15) is 6.04 Å². The average molecular weight is 200 g/mol. The quantitative estimate of drug-likeness (QED) is 0.655. The Morgan fingerprint density at radius 3 is 2.43 bits per heavy atom. The molecule has 5 heteroatoms. The molecule has 14 heavy (non-hydrogen) atoms. The van der Waals surface area contributed by atoms with Gasteiger partial charge in [0.2, 0.25) is 0 Å². The average Bonchev–Trinajstić information content (AvgIpc) is 2.02. The molecule has 0 radical (unpaired) electrons. The summed E-state index contributed by atoms with van der Waals surface area (Å²) in [7, 11) is 1.58. The zero-order valence-corrected chi connectivity index (χ0v) is 8.70. The summed E-state index contributed by atoms with van der Waals surface area (Å²) >= 11 is 0. The fourth-order valence-electron chi connectivity index (χ4n) is 0.834. The van der Waals surface area contributed by atoms with Gasteiger partial charge in [-0.2, -0.15) is 0 Å². The molecule has 80 valence electrons. The molecule has 0 bridgehead atoms. The Kier molecular flexibility index (Phi) is 4.69. The van der Waals surface area contributed by atoms with Crippen LogP contribution in [0.25, 0.3) is 0 Å². The minimum atomic E-state index is -1.05. The number of rotatable bonds is 4. The van der Waals surface area contributed by atoms with E-state index in [4.69, 9.17) is 5.11 Å². The monoisotopic (exact) mass is 200 g/mol. The number of carboxylic acids is 1. The van der Waals surface area contributed by atoms with E-state index in [0.29, 0.717) is 6.54 Å². The van der Waals surface area contributed by atoms with Crippen LogP contribution in [-0.2, 0) is 4.79 Å². The van der Waals surface area contributed by atoms with Crippen LogP contribution in [0.4, 0.5) is 4.79 Å². The first-order chi connectivity index (χ1) is 6.34. The molecule has 0 aromatic heterocycles. The zero-order chi connectivity index (χ0) is 11.3. The van der Waals surface area contributed by atoms with Gasteiger partial charge < -0.3 is 15.3 Å². The highest BCUT2D eigenvalue weighted by Gasteiger charge is 2.16. The summed E-state index contributed by atoms with van der Waals surface area (Å²) in [6.45, 7) is 7.28. The molecule has 0 aliphatic rings. The standard InChI is InChI=1S/C9H16N2O3/c1-6(2)5-11(4)9(14)10-7(3)8(12)13/h7H,1,5H2,2-4H3,(H,10,14)(H,12,13)/t7-/m0/s1. The van der Waals surface area contributed by atoms with Crippen LogP contribution in [0.1, 0.15) is 13.8 Å². The van der Waals surface area contributed by atoms with Crippen molar-refractivity contribution in [3.05, 3.63) is 12.2 Å². The highest BCUT2D eigenvalue weighted by molar-refractivity contribution is 5.82. The first kappa shape index (κ1) is 12.5. The van der Waals surface area contributed by atoms with Gasteiger partial charge in [0, 0.05) is 13.6 Å². The highest BCUT2D eigenvalue weighted by Crippen LogP contribution is 1.94. The second-order valence-corrected chi connectivity index (χ2v) is 3.32. The molecule has 0 aliphatic heterocycles. The minimum Gasteiger partial charge on any atom is -0.480 e. The van der Waals surface area contributed by atoms with Crippen LogP contribution in [0.5, 0.6) is 0 Å². The maximum absolute atomic E-state index is 11.3. The molecule has 2 N–H and O–H groups in total. The molecule has 0 fully saturated rings. The van der Waals surface area contributed by atoms with Gasteiger partial charge in [-0.15, -0.1) is 0 Å². The van der Waals surface area contributed by atoms with Crippen LogP contribution in [0.2, 0.25) is 0 Å². The number of nitrogens with one attached hydrogen (secondary N) is 1. The number of likely N-dealkylation sites (N-methyl/N-ethyl adjacent to an activating group) is 1. The Morgan fingerprint density at radius 2 is 2.07 bits per heavy atom. The van der Waals surface area contributed by atoms with Crippen molar-refractivity contribution in [1.29, 1.82) is 0 Å². The Labute approximate surface area is 83.4 Å². The summed E-state index contributed by atoms with van der Waals surface area (Å²) < 4.78 is 0. The lowest BCUT2D eigenvalue weighted by Gasteiger charge is -2.19. The maximum Gasteiger partial charge on any atom is 0.325 e. The van der Waals surface area contributed by atoms with Crippen molar-refractivity contribution in [2.24, 2.45) is 0 Å². The fourth-order valence-corrected chi connectivity index (χ4v) is 0.834. The van der Waals surface area contributed by atoms with Crippen LogP contribution in [0, 0.1) is 0 Å². The van der Waals surface area contributed by atoms with E-state index in [2.05, 4.69) is 11.9 Å². The number of aliphatic carboxylic acids is 1. The molecule has 5 nitrogen and oxygen atoms in total. The van der Waals surface area contributed by atoms with E-state index in [0.717, 1.165) is 5.57 Å². The smallest absolute Gasteiger partial charge is 0.325 e. The first-order valence-electron chi connectivity index (χ1n) is 4.23. The van der Waals surface area contributed by atoms with Gasteiger partial charge in [-0.05, 0) is 13.8 Å². The maximum atomic E-state index is 11.3. The number of nitrogens with zero attached hydrogens (tertiary/aromatic N) is 1. The molecule has 0 spiro atoms. The second kappa shape index (κ2) is 5.26. The lowest BCUT2D eigenvalue weighted by Crippen LogP contribution is -2.45. The molecule has 1 atom stereocenters. The summed E-state index contributed by atoms with van der Waals surface area (Å²) in [4.78, 5) is 23.1. The number of carboxylic acid groups (broad SMARTS) is 1. The Hall–Kier alpha value is -1.52. The third-order valence-electron chi connectivity index (χ3n) is 1.56. The lowest BCUT2D eigenvalue weighted by molar-refractivity contribution is -0.138. The number of hydrogen-bond acceptors (Lipinski definition) is 2. The number of amides is 2. The minimum absolute atomic E-state index is 0.414.